The molecule has 0 bridgehead atoms. The third-order valence-electron chi connectivity index (χ3n) is 2.74. The Hall–Kier alpha value is -0.470. The molecule has 0 aliphatic carbocycles. The zero-order valence-electron chi connectivity index (χ0n) is 10.2. The van der Waals surface area contributed by atoms with Crippen LogP contribution in [0.2, 0.25) is 0 Å². The maximum atomic E-state index is 9.15. The lowest BCUT2D eigenvalue weighted by atomic mass is 9.98. The zero-order valence-corrected chi connectivity index (χ0v) is 11.0. The fraction of sp³-hybridized carbons (Fsp3) is 0.500. The highest BCUT2D eigenvalue weighted by Crippen LogP contribution is 2.24. The van der Waals surface area contributed by atoms with Crippen LogP contribution in [0, 0.1) is 6.92 Å². The molecule has 0 spiro atoms. The van der Waals surface area contributed by atoms with E-state index in [9.17, 15) is 0 Å². The Balaban J connectivity index is 2.91. The van der Waals surface area contributed by atoms with Gasteiger partial charge in [0.2, 0.25) is 0 Å². The van der Waals surface area contributed by atoms with Gasteiger partial charge in [-0.3, -0.25) is 0 Å². The Bertz CT molecular complexity index is 323. The molecular formula is C14H21OS. The van der Waals surface area contributed by atoms with E-state index in [2.05, 4.69) is 38.3 Å². The molecule has 89 valence electrons. The number of hydrogen-bond donors (Lipinski definition) is 1. The summed E-state index contributed by atoms with van der Waals surface area (Å²) in [6.45, 7) is 6.29. The molecule has 0 saturated carbocycles. The van der Waals surface area contributed by atoms with Crippen molar-refractivity contribution in [1.29, 1.82) is 0 Å². The Morgan fingerprint density at radius 3 is 2.69 bits per heavy atom. The normalized spacial score (nSPS) is 12.8. The van der Waals surface area contributed by atoms with E-state index in [0.29, 0.717) is 0 Å². The van der Waals surface area contributed by atoms with E-state index >= 15 is 0 Å². The van der Waals surface area contributed by atoms with Crippen molar-refractivity contribution >= 4 is 11.8 Å². The van der Waals surface area contributed by atoms with Gasteiger partial charge in [0.05, 0.1) is 0 Å². The lowest BCUT2D eigenvalue weighted by Gasteiger charge is -2.12. The van der Waals surface area contributed by atoms with Crippen molar-refractivity contribution in [2.24, 2.45) is 0 Å². The van der Waals surface area contributed by atoms with Gasteiger partial charge in [-0.25, -0.2) is 0 Å². The summed E-state index contributed by atoms with van der Waals surface area (Å²) in [5, 5.41) is 9.15. The molecule has 0 aromatic heterocycles. The second-order valence-corrected chi connectivity index (χ2v) is 4.98. The lowest BCUT2D eigenvalue weighted by Crippen LogP contribution is -2.00. The molecule has 0 aliphatic heterocycles. The van der Waals surface area contributed by atoms with Crippen LogP contribution in [-0.4, -0.2) is 18.0 Å². The minimum Gasteiger partial charge on any atom is -0.396 e. The van der Waals surface area contributed by atoms with Crippen molar-refractivity contribution in [2.45, 2.75) is 37.0 Å². The quantitative estimate of drug-likeness (QED) is 0.762. The van der Waals surface area contributed by atoms with Gasteiger partial charge in [-0.15, -0.1) is 11.8 Å². The fourth-order valence-corrected chi connectivity index (χ4v) is 2.19. The van der Waals surface area contributed by atoms with Gasteiger partial charge in [0.25, 0.3) is 0 Å². The minimum absolute atomic E-state index is 0.00697. The maximum Gasteiger partial charge on any atom is 0.0499 e. The second kappa shape index (κ2) is 6.97. The third-order valence-corrected chi connectivity index (χ3v) is 3.44. The summed E-state index contributed by atoms with van der Waals surface area (Å²) in [6, 6.07) is 6.56. The van der Waals surface area contributed by atoms with Crippen LogP contribution >= 0.6 is 11.8 Å². The number of unbranched alkanes of at least 4 members (excludes halogenated alkanes) is 1. The minimum atomic E-state index is -0.00697. The number of aryl methyl sites for hydroxylation is 1. The van der Waals surface area contributed by atoms with Crippen LogP contribution in [-0.2, 0) is 6.42 Å². The molecule has 0 saturated heterocycles. The molecule has 1 N–H and O–H groups in total. The van der Waals surface area contributed by atoms with Crippen molar-refractivity contribution in [1.82, 2.24) is 0 Å². The van der Waals surface area contributed by atoms with Crippen LogP contribution in [0.4, 0.5) is 0 Å². The number of aliphatic hydroxyl groups is 1. The molecule has 1 radical (unpaired) electrons. The van der Waals surface area contributed by atoms with Gasteiger partial charge in [-0.05, 0) is 49.3 Å². The molecule has 2 heteroatoms. The van der Waals surface area contributed by atoms with E-state index in [-0.39, 0.29) is 12.5 Å². The standard InChI is InChI=1S/C14H21OS/c1-4-5-6-12-7-13(11(2)10-15)9-14(8-12)16-3/h7-9,11,15H,2,4-6,10H2,1,3H3. The van der Waals surface area contributed by atoms with Gasteiger partial charge < -0.3 is 5.11 Å². The van der Waals surface area contributed by atoms with Gasteiger partial charge in [0.1, 0.15) is 0 Å². The molecule has 0 heterocycles. The average molecular weight is 237 g/mol. The summed E-state index contributed by atoms with van der Waals surface area (Å²) in [7, 11) is 0. The average Bonchev–Trinajstić information content (AvgIpc) is 2.34. The molecule has 1 nitrogen and oxygen atoms in total. The van der Waals surface area contributed by atoms with Crippen molar-refractivity contribution < 1.29 is 5.11 Å². The van der Waals surface area contributed by atoms with Crippen LogP contribution in [0.25, 0.3) is 0 Å². The van der Waals surface area contributed by atoms with E-state index in [1.807, 2.05) is 0 Å². The molecule has 0 fully saturated rings. The molecule has 0 aliphatic rings. The number of benzene rings is 1. The van der Waals surface area contributed by atoms with Crippen LogP contribution in [0.1, 0.15) is 36.8 Å². The highest BCUT2D eigenvalue weighted by Gasteiger charge is 2.07. The van der Waals surface area contributed by atoms with Crippen molar-refractivity contribution in [3.05, 3.63) is 36.2 Å². The van der Waals surface area contributed by atoms with Crippen LogP contribution in [0.3, 0.4) is 0 Å². The Kier molecular flexibility index (Phi) is 5.93. The first kappa shape index (κ1) is 13.6. The molecule has 1 aromatic rings. The monoisotopic (exact) mass is 237 g/mol. The SMILES string of the molecule is [CH2]C(CO)c1cc(CCCC)cc(SC)c1. The van der Waals surface area contributed by atoms with Gasteiger partial charge in [-0.2, -0.15) is 0 Å². The topological polar surface area (TPSA) is 20.2 Å². The summed E-state index contributed by atoms with van der Waals surface area (Å²) in [4.78, 5) is 1.27. The summed E-state index contributed by atoms with van der Waals surface area (Å²) in [5.74, 6) is -0.00697. The third kappa shape index (κ3) is 3.84. The van der Waals surface area contributed by atoms with E-state index in [1.54, 1.807) is 11.8 Å². The number of aliphatic hydroxyl groups excluding tert-OH is 1. The maximum absolute atomic E-state index is 9.15. The Labute approximate surface area is 103 Å². The molecule has 0 amide bonds. The van der Waals surface area contributed by atoms with Crippen LogP contribution in [0.5, 0.6) is 0 Å². The number of hydrogen-bond acceptors (Lipinski definition) is 2. The largest absolute Gasteiger partial charge is 0.396 e. The summed E-state index contributed by atoms with van der Waals surface area (Å²) in [5.41, 5.74) is 2.52. The molecule has 1 rings (SSSR count). The molecule has 16 heavy (non-hydrogen) atoms. The summed E-state index contributed by atoms with van der Waals surface area (Å²) in [6.07, 6.45) is 5.64. The summed E-state index contributed by atoms with van der Waals surface area (Å²) < 4.78 is 0. The lowest BCUT2D eigenvalue weighted by molar-refractivity contribution is 0.282. The van der Waals surface area contributed by atoms with E-state index in [1.165, 1.54) is 23.3 Å². The molecule has 1 aromatic carbocycles. The number of rotatable bonds is 6. The van der Waals surface area contributed by atoms with Gasteiger partial charge in [-0.1, -0.05) is 19.4 Å². The van der Waals surface area contributed by atoms with Crippen molar-refractivity contribution in [2.75, 3.05) is 12.9 Å². The van der Waals surface area contributed by atoms with Gasteiger partial charge >= 0.3 is 0 Å². The first-order chi connectivity index (χ1) is 7.71. The molecule has 1 unspecified atom stereocenters. The highest BCUT2D eigenvalue weighted by molar-refractivity contribution is 7.98. The Morgan fingerprint density at radius 1 is 1.38 bits per heavy atom. The van der Waals surface area contributed by atoms with Crippen LogP contribution < -0.4 is 0 Å². The first-order valence-corrected chi connectivity index (χ1v) is 7.05. The molecule has 1 atom stereocenters. The highest BCUT2D eigenvalue weighted by atomic mass is 32.2. The predicted octanol–water partition coefficient (Wildman–Crippen LogP) is 3.66. The van der Waals surface area contributed by atoms with Crippen LogP contribution in [0.15, 0.2) is 23.1 Å². The molecular weight excluding hydrogens is 216 g/mol. The number of thioether (sulfide) groups is 1. The van der Waals surface area contributed by atoms with E-state index in [0.717, 1.165) is 12.0 Å². The Morgan fingerprint density at radius 2 is 2.12 bits per heavy atom. The van der Waals surface area contributed by atoms with Crippen molar-refractivity contribution in [3.8, 4) is 0 Å². The van der Waals surface area contributed by atoms with Gasteiger partial charge in [0, 0.05) is 17.4 Å². The van der Waals surface area contributed by atoms with Gasteiger partial charge in [0.15, 0.2) is 0 Å². The van der Waals surface area contributed by atoms with E-state index < -0.39 is 0 Å². The summed E-state index contributed by atoms with van der Waals surface area (Å²) >= 11 is 1.75. The fourth-order valence-electron chi connectivity index (χ4n) is 1.67. The van der Waals surface area contributed by atoms with Crippen molar-refractivity contribution in [3.63, 3.8) is 0 Å². The zero-order chi connectivity index (χ0) is 12.0. The first-order valence-electron chi connectivity index (χ1n) is 5.83. The predicted molar refractivity (Wildman–Crippen MR) is 72.0 cm³/mol. The van der Waals surface area contributed by atoms with E-state index in [4.69, 9.17) is 5.11 Å². The smallest absolute Gasteiger partial charge is 0.0499 e. The second-order valence-electron chi connectivity index (χ2n) is 4.10.